The zero-order chi connectivity index (χ0) is 15.7. The summed E-state index contributed by atoms with van der Waals surface area (Å²) >= 11 is 1.33. The number of aromatic nitrogens is 2. The molecule has 0 radical (unpaired) electrons. The summed E-state index contributed by atoms with van der Waals surface area (Å²) in [6, 6.07) is 9.46. The van der Waals surface area contributed by atoms with E-state index in [0.29, 0.717) is 15.9 Å². The van der Waals surface area contributed by atoms with E-state index in [4.69, 9.17) is 4.74 Å². The lowest BCUT2D eigenvalue weighted by atomic mass is 10.1. The molecule has 0 aliphatic rings. The van der Waals surface area contributed by atoms with Gasteiger partial charge in [-0.1, -0.05) is 30.3 Å². The number of fused-ring (bicyclic) bond motifs is 1. The van der Waals surface area contributed by atoms with Crippen molar-refractivity contribution in [1.29, 1.82) is 0 Å². The molecule has 112 valence electrons. The third-order valence-corrected chi connectivity index (χ3v) is 4.11. The predicted octanol–water partition coefficient (Wildman–Crippen LogP) is 3.55. The minimum absolute atomic E-state index is 0.0724. The van der Waals surface area contributed by atoms with Crippen LogP contribution in [0.3, 0.4) is 0 Å². The number of aryl methyl sites for hydroxylation is 1. The SMILES string of the molecule is CCOC(=O)c1nc(-c2ccccc2)c2nc(C)sc2c1O. The Balaban J connectivity index is 2.31. The largest absolute Gasteiger partial charge is 0.504 e. The Morgan fingerprint density at radius 3 is 2.68 bits per heavy atom. The van der Waals surface area contributed by atoms with E-state index in [1.807, 2.05) is 37.3 Å². The second kappa shape index (κ2) is 5.73. The number of benzene rings is 1. The van der Waals surface area contributed by atoms with Gasteiger partial charge in [0.05, 0.1) is 17.3 Å². The average molecular weight is 314 g/mol. The van der Waals surface area contributed by atoms with Gasteiger partial charge in [0.1, 0.15) is 10.2 Å². The first kappa shape index (κ1) is 14.5. The van der Waals surface area contributed by atoms with Crippen LogP contribution >= 0.6 is 11.3 Å². The Kier molecular flexibility index (Phi) is 3.77. The van der Waals surface area contributed by atoms with Crippen LogP contribution in [0, 0.1) is 6.92 Å². The maximum atomic E-state index is 12.0. The van der Waals surface area contributed by atoms with Gasteiger partial charge < -0.3 is 9.84 Å². The maximum Gasteiger partial charge on any atom is 0.360 e. The number of hydrogen-bond donors (Lipinski definition) is 1. The van der Waals surface area contributed by atoms with E-state index in [1.54, 1.807) is 6.92 Å². The summed E-state index contributed by atoms with van der Waals surface area (Å²) in [5.41, 5.74) is 1.93. The molecule has 3 rings (SSSR count). The van der Waals surface area contributed by atoms with Gasteiger partial charge in [0, 0.05) is 5.56 Å². The topological polar surface area (TPSA) is 72.3 Å². The number of hydrogen-bond acceptors (Lipinski definition) is 6. The molecular weight excluding hydrogens is 300 g/mol. The van der Waals surface area contributed by atoms with E-state index in [0.717, 1.165) is 10.6 Å². The van der Waals surface area contributed by atoms with E-state index >= 15 is 0 Å². The third-order valence-electron chi connectivity index (χ3n) is 3.14. The highest BCUT2D eigenvalue weighted by Crippen LogP contribution is 2.38. The molecule has 1 N–H and O–H groups in total. The van der Waals surface area contributed by atoms with Gasteiger partial charge in [-0.25, -0.2) is 14.8 Å². The minimum atomic E-state index is -0.634. The molecule has 2 heterocycles. The van der Waals surface area contributed by atoms with Gasteiger partial charge >= 0.3 is 5.97 Å². The van der Waals surface area contributed by atoms with Crippen LogP contribution in [0.5, 0.6) is 5.75 Å². The van der Waals surface area contributed by atoms with Crippen LogP contribution in [-0.2, 0) is 4.74 Å². The van der Waals surface area contributed by atoms with Crippen LogP contribution in [0.15, 0.2) is 30.3 Å². The van der Waals surface area contributed by atoms with Crippen molar-refractivity contribution < 1.29 is 14.6 Å². The highest BCUT2D eigenvalue weighted by atomic mass is 32.1. The van der Waals surface area contributed by atoms with Crippen molar-refractivity contribution in [2.45, 2.75) is 13.8 Å². The molecular formula is C16H14N2O3S. The lowest BCUT2D eigenvalue weighted by Gasteiger charge is -2.08. The monoisotopic (exact) mass is 314 g/mol. The summed E-state index contributed by atoms with van der Waals surface area (Å²) in [6.45, 7) is 3.78. The van der Waals surface area contributed by atoms with Crippen molar-refractivity contribution in [2.24, 2.45) is 0 Å². The molecule has 0 amide bonds. The fourth-order valence-electron chi connectivity index (χ4n) is 2.21. The van der Waals surface area contributed by atoms with Crippen LogP contribution in [0.2, 0.25) is 0 Å². The molecule has 3 aromatic rings. The first-order valence-electron chi connectivity index (χ1n) is 6.84. The summed E-state index contributed by atoms with van der Waals surface area (Å²) in [6.07, 6.45) is 0. The molecule has 5 nitrogen and oxygen atoms in total. The smallest absolute Gasteiger partial charge is 0.360 e. The Hall–Kier alpha value is -2.47. The van der Waals surface area contributed by atoms with Crippen LogP contribution in [-0.4, -0.2) is 27.7 Å². The standard InChI is InChI=1S/C16H14N2O3S/c1-3-21-16(20)13-14(19)15-12(17-9(2)22-15)11(18-13)10-7-5-4-6-8-10/h4-8,19H,3H2,1-2H3. The molecule has 1 aromatic carbocycles. The third kappa shape index (κ3) is 2.42. The summed E-state index contributed by atoms with van der Waals surface area (Å²) < 4.78 is 5.53. The summed E-state index contributed by atoms with van der Waals surface area (Å²) in [4.78, 5) is 20.8. The number of nitrogens with zero attached hydrogens (tertiary/aromatic N) is 2. The Morgan fingerprint density at radius 2 is 2.00 bits per heavy atom. The van der Waals surface area contributed by atoms with Crippen LogP contribution < -0.4 is 0 Å². The Morgan fingerprint density at radius 1 is 1.27 bits per heavy atom. The van der Waals surface area contributed by atoms with Gasteiger partial charge in [-0.3, -0.25) is 0 Å². The predicted molar refractivity (Wildman–Crippen MR) is 85.2 cm³/mol. The number of thiazole rings is 1. The Labute approximate surface area is 131 Å². The number of pyridine rings is 1. The number of aromatic hydroxyl groups is 1. The lowest BCUT2D eigenvalue weighted by Crippen LogP contribution is -2.08. The zero-order valence-electron chi connectivity index (χ0n) is 12.2. The summed E-state index contributed by atoms with van der Waals surface area (Å²) in [7, 11) is 0. The van der Waals surface area contributed by atoms with Gasteiger partial charge in [0.25, 0.3) is 0 Å². The highest BCUT2D eigenvalue weighted by molar-refractivity contribution is 7.19. The van der Waals surface area contributed by atoms with E-state index in [2.05, 4.69) is 9.97 Å². The van der Waals surface area contributed by atoms with E-state index in [-0.39, 0.29) is 18.1 Å². The molecule has 0 saturated carbocycles. The lowest BCUT2D eigenvalue weighted by molar-refractivity contribution is 0.0516. The van der Waals surface area contributed by atoms with Crippen LogP contribution in [0.1, 0.15) is 22.4 Å². The molecule has 0 bridgehead atoms. The van der Waals surface area contributed by atoms with Gasteiger partial charge in [0.2, 0.25) is 0 Å². The first-order chi connectivity index (χ1) is 10.6. The molecule has 0 saturated heterocycles. The van der Waals surface area contributed by atoms with E-state index in [9.17, 15) is 9.90 Å². The molecule has 2 aromatic heterocycles. The van der Waals surface area contributed by atoms with Crippen molar-refractivity contribution >= 4 is 27.5 Å². The van der Waals surface area contributed by atoms with Gasteiger partial charge in [-0.05, 0) is 13.8 Å². The second-order valence-corrected chi connectivity index (χ2v) is 5.86. The Bertz CT molecular complexity index is 843. The quantitative estimate of drug-likeness (QED) is 0.748. The first-order valence-corrected chi connectivity index (χ1v) is 7.66. The zero-order valence-corrected chi connectivity index (χ0v) is 13.0. The molecule has 0 atom stereocenters. The molecule has 22 heavy (non-hydrogen) atoms. The van der Waals surface area contributed by atoms with Crippen molar-refractivity contribution in [3.05, 3.63) is 41.0 Å². The van der Waals surface area contributed by atoms with E-state index in [1.165, 1.54) is 11.3 Å². The number of ether oxygens (including phenoxy) is 1. The molecule has 0 aliphatic heterocycles. The number of carbonyl (C=O) groups excluding carboxylic acids is 1. The second-order valence-electron chi connectivity index (χ2n) is 4.65. The summed E-state index contributed by atoms with van der Waals surface area (Å²) in [5.74, 6) is -0.802. The highest BCUT2D eigenvalue weighted by Gasteiger charge is 2.23. The normalized spacial score (nSPS) is 10.8. The van der Waals surface area contributed by atoms with Crippen molar-refractivity contribution in [3.8, 4) is 17.0 Å². The average Bonchev–Trinajstić information content (AvgIpc) is 2.91. The van der Waals surface area contributed by atoms with Crippen LogP contribution in [0.4, 0.5) is 0 Å². The maximum absolute atomic E-state index is 12.0. The van der Waals surface area contributed by atoms with Gasteiger partial charge in [-0.15, -0.1) is 11.3 Å². The molecule has 0 fully saturated rings. The van der Waals surface area contributed by atoms with Crippen molar-refractivity contribution in [2.75, 3.05) is 6.61 Å². The molecule has 6 heteroatoms. The van der Waals surface area contributed by atoms with Crippen molar-refractivity contribution in [3.63, 3.8) is 0 Å². The molecule has 0 spiro atoms. The van der Waals surface area contributed by atoms with Crippen molar-refractivity contribution in [1.82, 2.24) is 9.97 Å². The number of esters is 1. The van der Waals surface area contributed by atoms with Crippen LogP contribution in [0.25, 0.3) is 21.5 Å². The van der Waals surface area contributed by atoms with Gasteiger partial charge in [0.15, 0.2) is 11.4 Å². The minimum Gasteiger partial charge on any atom is -0.504 e. The van der Waals surface area contributed by atoms with E-state index < -0.39 is 5.97 Å². The summed E-state index contributed by atoms with van der Waals surface area (Å²) in [5, 5.41) is 11.1. The molecule has 0 aliphatic carbocycles. The van der Waals surface area contributed by atoms with Gasteiger partial charge in [-0.2, -0.15) is 0 Å². The fourth-order valence-corrected chi connectivity index (χ4v) is 3.08. The molecule has 0 unspecified atom stereocenters. The number of carbonyl (C=O) groups is 1. The number of rotatable bonds is 3. The fraction of sp³-hybridized carbons (Fsp3) is 0.188.